The Balaban J connectivity index is 2.17. The summed E-state index contributed by atoms with van der Waals surface area (Å²) < 4.78 is 0. The van der Waals surface area contributed by atoms with E-state index < -0.39 is 0 Å². The Labute approximate surface area is 114 Å². The molecular weight excluding hydrogens is 236 g/mol. The largest absolute Gasteiger partial charge is 0.363 e. The number of benzene rings is 1. The van der Waals surface area contributed by atoms with Crippen molar-refractivity contribution in [1.29, 1.82) is 0 Å². The van der Waals surface area contributed by atoms with E-state index >= 15 is 0 Å². The van der Waals surface area contributed by atoms with E-state index in [9.17, 15) is 0 Å². The van der Waals surface area contributed by atoms with E-state index in [0.717, 1.165) is 12.2 Å². The van der Waals surface area contributed by atoms with Crippen LogP contribution in [0.4, 0.5) is 11.8 Å². The van der Waals surface area contributed by atoms with Gasteiger partial charge in [-0.2, -0.15) is 4.98 Å². The highest BCUT2D eigenvalue weighted by Crippen LogP contribution is 2.21. The van der Waals surface area contributed by atoms with E-state index in [0.29, 0.717) is 5.95 Å². The molecule has 0 spiro atoms. The van der Waals surface area contributed by atoms with Crippen molar-refractivity contribution in [2.24, 2.45) is 0 Å². The Kier molecular flexibility index (Phi) is 4.34. The lowest BCUT2D eigenvalue weighted by molar-refractivity contribution is 0.743. The smallest absolute Gasteiger partial charge is 0.226 e. The Bertz CT molecular complexity index is 511. The van der Waals surface area contributed by atoms with Gasteiger partial charge < -0.3 is 10.2 Å². The highest BCUT2D eigenvalue weighted by atomic mass is 15.2. The summed E-state index contributed by atoms with van der Waals surface area (Å²) >= 11 is 0. The van der Waals surface area contributed by atoms with E-state index in [-0.39, 0.29) is 6.04 Å². The molecule has 0 bridgehead atoms. The maximum absolute atomic E-state index is 4.49. The fraction of sp³-hybridized carbons (Fsp3) is 0.333. The minimum Gasteiger partial charge on any atom is -0.363 e. The van der Waals surface area contributed by atoms with Crippen LogP contribution in [0, 0.1) is 0 Å². The molecule has 1 N–H and O–H groups in total. The van der Waals surface area contributed by atoms with Gasteiger partial charge in [0.15, 0.2) is 0 Å². The summed E-state index contributed by atoms with van der Waals surface area (Å²) in [7, 11) is 3.88. The van der Waals surface area contributed by atoms with Gasteiger partial charge in [-0.25, -0.2) is 4.98 Å². The molecule has 19 heavy (non-hydrogen) atoms. The first-order valence-electron chi connectivity index (χ1n) is 6.52. The fourth-order valence-corrected chi connectivity index (χ4v) is 1.93. The first-order chi connectivity index (χ1) is 9.20. The van der Waals surface area contributed by atoms with Crippen LogP contribution in [0.1, 0.15) is 24.9 Å². The van der Waals surface area contributed by atoms with Crippen LogP contribution in [0.15, 0.2) is 42.6 Å². The number of rotatable bonds is 5. The Hall–Kier alpha value is -2.10. The summed E-state index contributed by atoms with van der Waals surface area (Å²) in [6, 6.07) is 12.6. The molecule has 4 nitrogen and oxygen atoms in total. The summed E-state index contributed by atoms with van der Waals surface area (Å²) in [6.07, 6.45) is 2.79. The minimum atomic E-state index is 0.270. The maximum atomic E-state index is 4.49. The second kappa shape index (κ2) is 6.18. The maximum Gasteiger partial charge on any atom is 0.226 e. The molecule has 2 rings (SSSR count). The van der Waals surface area contributed by atoms with Gasteiger partial charge in [-0.15, -0.1) is 0 Å². The van der Waals surface area contributed by atoms with Crippen molar-refractivity contribution in [2.45, 2.75) is 19.4 Å². The van der Waals surface area contributed by atoms with Crippen molar-refractivity contribution in [3.63, 3.8) is 0 Å². The van der Waals surface area contributed by atoms with Crippen LogP contribution in [0.2, 0.25) is 0 Å². The number of hydrogen-bond donors (Lipinski definition) is 1. The first-order valence-corrected chi connectivity index (χ1v) is 6.52. The van der Waals surface area contributed by atoms with Crippen molar-refractivity contribution in [1.82, 2.24) is 9.97 Å². The van der Waals surface area contributed by atoms with Crippen LogP contribution in [-0.2, 0) is 0 Å². The third-order valence-corrected chi connectivity index (χ3v) is 2.98. The zero-order valence-corrected chi connectivity index (χ0v) is 11.7. The van der Waals surface area contributed by atoms with Gasteiger partial charge in [0.05, 0.1) is 6.04 Å². The average Bonchev–Trinajstić information content (AvgIpc) is 2.46. The number of aromatic nitrogens is 2. The quantitative estimate of drug-likeness (QED) is 0.892. The zero-order chi connectivity index (χ0) is 13.7. The molecule has 1 unspecified atom stereocenters. The van der Waals surface area contributed by atoms with Gasteiger partial charge in [-0.05, 0) is 18.1 Å². The second-order valence-electron chi connectivity index (χ2n) is 4.65. The Morgan fingerprint density at radius 2 is 1.89 bits per heavy atom. The summed E-state index contributed by atoms with van der Waals surface area (Å²) in [5.41, 5.74) is 1.27. The summed E-state index contributed by atoms with van der Waals surface area (Å²) in [5.74, 6) is 1.57. The van der Waals surface area contributed by atoms with Gasteiger partial charge in [0.2, 0.25) is 5.95 Å². The van der Waals surface area contributed by atoms with Crippen molar-refractivity contribution in [3.05, 3.63) is 48.2 Å². The molecule has 1 atom stereocenters. The Morgan fingerprint density at radius 3 is 2.53 bits per heavy atom. The van der Waals surface area contributed by atoms with Gasteiger partial charge in [0, 0.05) is 20.3 Å². The predicted octanol–water partition coefficient (Wildman–Crippen LogP) is 3.11. The molecule has 2 aromatic rings. The third-order valence-electron chi connectivity index (χ3n) is 2.98. The third kappa shape index (κ3) is 3.44. The molecule has 0 radical (unpaired) electrons. The van der Waals surface area contributed by atoms with Gasteiger partial charge in [-0.3, -0.25) is 0 Å². The lowest BCUT2D eigenvalue weighted by Crippen LogP contribution is -2.15. The first kappa shape index (κ1) is 13.3. The minimum absolute atomic E-state index is 0.270. The second-order valence-corrected chi connectivity index (χ2v) is 4.65. The van der Waals surface area contributed by atoms with Gasteiger partial charge in [0.25, 0.3) is 0 Å². The molecular formula is C15H20N4. The molecule has 0 saturated carbocycles. The summed E-state index contributed by atoms with van der Waals surface area (Å²) in [5, 5.41) is 3.46. The molecule has 0 fully saturated rings. The lowest BCUT2D eigenvalue weighted by Gasteiger charge is -2.19. The molecule has 0 amide bonds. The van der Waals surface area contributed by atoms with Gasteiger partial charge in [-0.1, -0.05) is 37.3 Å². The highest BCUT2D eigenvalue weighted by Gasteiger charge is 2.10. The molecule has 0 aliphatic carbocycles. The molecule has 0 aliphatic heterocycles. The van der Waals surface area contributed by atoms with Gasteiger partial charge >= 0.3 is 0 Å². The monoisotopic (exact) mass is 256 g/mol. The SMILES string of the molecule is CCC(Nc1ccnc(N(C)C)n1)c1ccccc1. The van der Waals surface area contributed by atoms with E-state index in [2.05, 4.69) is 46.5 Å². The average molecular weight is 256 g/mol. The Morgan fingerprint density at radius 1 is 1.16 bits per heavy atom. The van der Waals surface area contributed by atoms with Crippen molar-refractivity contribution in [3.8, 4) is 0 Å². The number of nitrogens with zero attached hydrogens (tertiary/aromatic N) is 3. The fourth-order valence-electron chi connectivity index (χ4n) is 1.93. The molecule has 100 valence electrons. The molecule has 1 heterocycles. The molecule has 0 saturated heterocycles. The van der Waals surface area contributed by atoms with Crippen LogP contribution in [0.25, 0.3) is 0 Å². The van der Waals surface area contributed by atoms with Gasteiger partial charge in [0.1, 0.15) is 5.82 Å². The predicted molar refractivity (Wildman–Crippen MR) is 79.5 cm³/mol. The number of anilines is 2. The highest BCUT2D eigenvalue weighted by molar-refractivity contribution is 5.42. The van der Waals surface area contributed by atoms with Crippen LogP contribution < -0.4 is 10.2 Å². The van der Waals surface area contributed by atoms with Crippen LogP contribution in [0.3, 0.4) is 0 Å². The lowest BCUT2D eigenvalue weighted by atomic mass is 10.0. The standard InChI is InChI=1S/C15H20N4/c1-4-13(12-8-6-5-7-9-12)17-14-10-11-16-15(18-14)19(2)3/h5-11,13H,4H2,1-3H3,(H,16,17,18). The van der Waals surface area contributed by atoms with Crippen LogP contribution in [0.5, 0.6) is 0 Å². The van der Waals surface area contributed by atoms with E-state index in [1.54, 1.807) is 6.20 Å². The van der Waals surface area contributed by atoms with E-state index in [1.807, 2.05) is 31.1 Å². The summed E-state index contributed by atoms with van der Waals surface area (Å²) in [6.45, 7) is 2.17. The molecule has 4 heteroatoms. The molecule has 0 aliphatic rings. The van der Waals surface area contributed by atoms with E-state index in [1.165, 1.54) is 5.56 Å². The van der Waals surface area contributed by atoms with Crippen molar-refractivity contribution in [2.75, 3.05) is 24.3 Å². The normalized spacial score (nSPS) is 11.9. The summed E-state index contributed by atoms with van der Waals surface area (Å²) in [4.78, 5) is 10.6. The van der Waals surface area contributed by atoms with Crippen molar-refractivity contribution < 1.29 is 0 Å². The van der Waals surface area contributed by atoms with Crippen LogP contribution >= 0.6 is 0 Å². The van der Waals surface area contributed by atoms with Crippen LogP contribution in [-0.4, -0.2) is 24.1 Å². The topological polar surface area (TPSA) is 41.1 Å². The number of nitrogens with one attached hydrogen (secondary N) is 1. The molecule has 1 aromatic carbocycles. The molecule has 1 aromatic heterocycles. The zero-order valence-electron chi connectivity index (χ0n) is 11.7. The van der Waals surface area contributed by atoms with Crippen molar-refractivity contribution >= 4 is 11.8 Å². The number of hydrogen-bond acceptors (Lipinski definition) is 4. The van der Waals surface area contributed by atoms with E-state index in [4.69, 9.17) is 0 Å².